The second-order valence-corrected chi connectivity index (χ2v) is 5.60. The van der Waals surface area contributed by atoms with Crippen molar-refractivity contribution in [2.75, 3.05) is 30.3 Å². The van der Waals surface area contributed by atoms with Gasteiger partial charge in [0.05, 0.1) is 18.7 Å². The van der Waals surface area contributed by atoms with Gasteiger partial charge in [0.2, 0.25) is 0 Å². The first kappa shape index (κ1) is 19.0. The van der Waals surface area contributed by atoms with Crippen molar-refractivity contribution < 1.29 is 5.11 Å². The molecule has 0 radical (unpaired) electrons. The Morgan fingerprint density at radius 2 is 1.92 bits per heavy atom. The molecule has 0 unspecified atom stereocenters. The molecule has 0 aliphatic rings. The fraction of sp³-hybridized carbons (Fsp3) is 0.316. The molecule has 1 heterocycles. The third kappa shape index (κ3) is 3.85. The summed E-state index contributed by atoms with van der Waals surface area (Å²) in [6, 6.07) is 11.9. The molecule has 0 saturated carbocycles. The molecule has 3 N–H and O–H groups in total. The predicted octanol–water partition coefficient (Wildman–Crippen LogP) is 2.24. The third-order valence-corrected chi connectivity index (χ3v) is 4.12. The van der Waals surface area contributed by atoms with E-state index in [1.54, 1.807) is 6.08 Å². The minimum Gasteiger partial charge on any atom is -0.394 e. The predicted molar refractivity (Wildman–Crippen MR) is 102 cm³/mol. The molecule has 0 saturated heterocycles. The Labute approximate surface area is 153 Å². The van der Waals surface area contributed by atoms with Gasteiger partial charge in [-0.05, 0) is 37.6 Å². The van der Waals surface area contributed by atoms with Gasteiger partial charge in [-0.2, -0.15) is 15.6 Å². The number of allylic oxidation sites excluding steroid dienone is 1. The first-order valence-corrected chi connectivity index (χ1v) is 8.43. The molecule has 0 spiro atoms. The van der Waals surface area contributed by atoms with E-state index in [1.165, 1.54) is 4.68 Å². The lowest BCUT2D eigenvalue weighted by molar-refractivity contribution is 0.270. The molecule has 26 heavy (non-hydrogen) atoms. The van der Waals surface area contributed by atoms with Crippen LogP contribution in [0, 0.1) is 22.7 Å². The van der Waals surface area contributed by atoms with Crippen molar-refractivity contribution in [3.8, 4) is 12.1 Å². The van der Waals surface area contributed by atoms with Gasteiger partial charge in [0.15, 0.2) is 0 Å². The van der Waals surface area contributed by atoms with Gasteiger partial charge in [0.1, 0.15) is 29.2 Å². The maximum atomic E-state index is 9.53. The number of nitriles is 2. The largest absolute Gasteiger partial charge is 0.394 e. The lowest BCUT2D eigenvalue weighted by atomic mass is 10.1. The van der Waals surface area contributed by atoms with Crippen LogP contribution in [-0.2, 0) is 6.54 Å². The van der Waals surface area contributed by atoms with E-state index in [-0.39, 0.29) is 35.8 Å². The van der Waals surface area contributed by atoms with Gasteiger partial charge >= 0.3 is 0 Å². The van der Waals surface area contributed by atoms with Crippen LogP contribution < -0.4 is 10.6 Å². The van der Waals surface area contributed by atoms with Crippen LogP contribution in [0.3, 0.4) is 0 Å². The quantitative estimate of drug-likeness (QED) is 0.740. The Morgan fingerprint density at radius 1 is 1.27 bits per heavy atom. The van der Waals surface area contributed by atoms with Gasteiger partial charge in [-0.15, -0.1) is 0 Å². The number of nitrogens with zero attached hydrogens (tertiary/aromatic N) is 5. The summed E-state index contributed by atoms with van der Waals surface area (Å²) in [5.41, 5.74) is 8.46. The Kier molecular flexibility index (Phi) is 6.37. The number of nitrogen functional groups attached to an aromatic ring is 1. The molecular weight excluding hydrogens is 328 g/mol. The maximum absolute atomic E-state index is 9.53. The van der Waals surface area contributed by atoms with E-state index < -0.39 is 0 Å². The normalized spacial score (nSPS) is 11.0. The third-order valence-electron chi connectivity index (χ3n) is 4.12. The van der Waals surface area contributed by atoms with Crippen molar-refractivity contribution in [3.63, 3.8) is 0 Å². The van der Waals surface area contributed by atoms with Crippen molar-refractivity contribution in [1.29, 1.82) is 10.5 Å². The van der Waals surface area contributed by atoms with E-state index >= 15 is 0 Å². The molecule has 134 valence electrons. The molecule has 2 rings (SSSR count). The number of benzene rings is 1. The van der Waals surface area contributed by atoms with E-state index in [4.69, 9.17) is 10.8 Å². The molecule has 7 heteroatoms. The zero-order valence-electron chi connectivity index (χ0n) is 15.0. The number of nitrogens with two attached hydrogens (primary N) is 1. The Bertz CT molecular complexity index is 863. The first-order valence-electron chi connectivity index (χ1n) is 8.43. The second-order valence-electron chi connectivity index (χ2n) is 5.60. The zero-order valence-corrected chi connectivity index (χ0v) is 15.0. The molecular formula is C19H22N6O. The van der Waals surface area contributed by atoms with Gasteiger partial charge in [-0.1, -0.05) is 12.1 Å². The summed E-state index contributed by atoms with van der Waals surface area (Å²) in [5, 5.41) is 32.2. The van der Waals surface area contributed by atoms with E-state index in [2.05, 4.69) is 29.9 Å². The van der Waals surface area contributed by atoms with Crippen LogP contribution >= 0.6 is 0 Å². The molecule has 0 bridgehead atoms. The molecule has 1 aromatic heterocycles. The van der Waals surface area contributed by atoms with Gasteiger partial charge in [-0.3, -0.25) is 0 Å². The highest BCUT2D eigenvalue weighted by atomic mass is 16.3. The van der Waals surface area contributed by atoms with Crippen molar-refractivity contribution >= 4 is 23.2 Å². The van der Waals surface area contributed by atoms with Crippen molar-refractivity contribution in [3.05, 3.63) is 41.1 Å². The number of aliphatic hydroxyl groups is 1. The Balaban J connectivity index is 2.42. The molecule has 1 aromatic carbocycles. The maximum Gasteiger partial charge on any atom is 0.140 e. The number of rotatable bonds is 7. The lowest BCUT2D eigenvalue weighted by Crippen LogP contribution is -2.21. The van der Waals surface area contributed by atoms with Crippen LogP contribution in [0.2, 0.25) is 0 Å². The number of hydrogen-bond acceptors (Lipinski definition) is 6. The summed E-state index contributed by atoms with van der Waals surface area (Å²) < 4.78 is 1.34. The highest BCUT2D eigenvalue weighted by molar-refractivity contribution is 5.91. The minimum absolute atomic E-state index is 0.144. The van der Waals surface area contributed by atoms with E-state index in [9.17, 15) is 10.5 Å². The molecule has 0 fully saturated rings. The second kappa shape index (κ2) is 8.70. The summed E-state index contributed by atoms with van der Waals surface area (Å²) in [5.74, 6) is 0.148. The van der Waals surface area contributed by atoms with Gasteiger partial charge < -0.3 is 15.7 Å². The Hall–Kier alpha value is -3.29. The van der Waals surface area contributed by atoms with Crippen LogP contribution in [0.1, 0.15) is 30.7 Å². The smallest absolute Gasteiger partial charge is 0.140 e. The van der Waals surface area contributed by atoms with Crippen molar-refractivity contribution in [2.24, 2.45) is 0 Å². The number of aromatic nitrogens is 2. The average Bonchev–Trinajstić information content (AvgIpc) is 2.97. The van der Waals surface area contributed by atoms with Crippen molar-refractivity contribution in [2.45, 2.75) is 20.4 Å². The van der Waals surface area contributed by atoms with Gasteiger partial charge in [0, 0.05) is 18.8 Å². The van der Waals surface area contributed by atoms with Crippen LogP contribution in [0.5, 0.6) is 0 Å². The number of hydrogen-bond donors (Lipinski definition) is 2. The highest BCUT2D eigenvalue weighted by Gasteiger charge is 2.18. The monoisotopic (exact) mass is 350 g/mol. The van der Waals surface area contributed by atoms with Crippen LogP contribution in [0.15, 0.2) is 24.3 Å². The van der Waals surface area contributed by atoms with E-state index in [1.807, 2.05) is 30.3 Å². The summed E-state index contributed by atoms with van der Waals surface area (Å²) in [6.07, 6.45) is 1.68. The highest BCUT2D eigenvalue weighted by Crippen LogP contribution is 2.25. The summed E-state index contributed by atoms with van der Waals surface area (Å²) in [4.78, 5) is 2.23. The molecule has 0 amide bonds. The number of anilines is 2. The summed E-state index contributed by atoms with van der Waals surface area (Å²) >= 11 is 0. The topological polar surface area (TPSA) is 115 Å². The van der Waals surface area contributed by atoms with Crippen LogP contribution in [-0.4, -0.2) is 34.6 Å². The molecule has 0 atom stereocenters. The van der Waals surface area contributed by atoms with Crippen LogP contribution in [0.25, 0.3) is 11.6 Å². The van der Waals surface area contributed by atoms with Crippen LogP contribution in [0.4, 0.5) is 11.5 Å². The molecule has 2 aromatic rings. The van der Waals surface area contributed by atoms with E-state index in [0.717, 1.165) is 24.3 Å². The van der Waals surface area contributed by atoms with Gasteiger partial charge in [-0.25, -0.2) is 4.68 Å². The van der Waals surface area contributed by atoms with Gasteiger partial charge in [0.25, 0.3) is 0 Å². The summed E-state index contributed by atoms with van der Waals surface area (Å²) in [6.45, 7) is 6.04. The zero-order chi connectivity index (χ0) is 19.1. The fourth-order valence-electron chi connectivity index (χ4n) is 2.73. The number of aliphatic hydroxyl groups excluding tert-OH is 1. The minimum atomic E-state index is -0.158. The SMILES string of the molecule is CCN(CC)c1ccc(/C=C(\C#N)c2nn(CCO)c(N)c2C#N)cc1. The first-order chi connectivity index (χ1) is 12.6. The lowest BCUT2D eigenvalue weighted by Gasteiger charge is -2.20. The van der Waals surface area contributed by atoms with E-state index in [0.29, 0.717) is 0 Å². The summed E-state index contributed by atoms with van der Waals surface area (Å²) in [7, 11) is 0. The van der Waals surface area contributed by atoms with Crippen molar-refractivity contribution in [1.82, 2.24) is 9.78 Å². The standard InChI is InChI=1S/C19H22N6O/c1-3-24(4-2)16-7-5-14(6-8-16)11-15(12-20)18-17(13-21)19(22)25(23-18)9-10-26/h5-8,11,26H,3-4,9-10,22H2,1-2H3/b15-11+. The Morgan fingerprint density at radius 3 is 2.42 bits per heavy atom. The average molecular weight is 350 g/mol. The molecule has 7 nitrogen and oxygen atoms in total. The fourth-order valence-corrected chi connectivity index (χ4v) is 2.73. The molecule has 0 aliphatic carbocycles. The molecule has 0 aliphatic heterocycles.